The fourth-order valence-electron chi connectivity index (χ4n) is 6.51. The first-order chi connectivity index (χ1) is 19.6. The van der Waals surface area contributed by atoms with Crippen molar-refractivity contribution in [2.75, 3.05) is 13.7 Å². The molecule has 0 radical (unpaired) electrons. The summed E-state index contributed by atoms with van der Waals surface area (Å²) in [5.41, 5.74) is 3.19. The van der Waals surface area contributed by atoms with Crippen molar-refractivity contribution in [3.63, 3.8) is 0 Å². The highest BCUT2D eigenvalue weighted by atomic mass is 35.5. The first-order valence-corrected chi connectivity index (χ1v) is 16.1. The maximum absolute atomic E-state index is 13.9. The number of Topliss-reactive ketones (excluding diaryl/α,β-unsaturated/α-hetero) is 2. The van der Waals surface area contributed by atoms with Gasteiger partial charge < -0.3 is 13.8 Å². The van der Waals surface area contributed by atoms with Crippen molar-refractivity contribution >= 4 is 44.9 Å². The molecule has 0 saturated heterocycles. The van der Waals surface area contributed by atoms with Crippen molar-refractivity contribution < 1.29 is 26.9 Å². The molecule has 0 spiro atoms. The molecule has 0 atom stereocenters. The van der Waals surface area contributed by atoms with E-state index < -0.39 is 16.0 Å². The second-order valence-electron chi connectivity index (χ2n) is 12.8. The Morgan fingerprint density at radius 2 is 1.40 bits per heavy atom. The van der Waals surface area contributed by atoms with Crippen molar-refractivity contribution in [3.05, 3.63) is 74.5 Å². The van der Waals surface area contributed by atoms with Gasteiger partial charge in [0.15, 0.2) is 17.3 Å². The van der Waals surface area contributed by atoms with Crippen LogP contribution in [0.4, 0.5) is 0 Å². The Kier molecular flexibility index (Phi) is 7.82. The molecule has 42 heavy (non-hydrogen) atoms. The van der Waals surface area contributed by atoms with Gasteiger partial charge in [-0.2, -0.15) is 8.42 Å². The predicted octanol–water partition coefficient (Wildman–Crippen LogP) is 7.48. The van der Waals surface area contributed by atoms with Crippen LogP contribution in [0.3, 0.4) is 0 Å². The minimum atomic E-state index is -4.27. The SMILES string of the molecule is CCN1C2=C(C(=O)CC(C)(C)C2)C(c2cc(Cl)c(OS(=O)(=O)c3ccc(Cl)cc3)c(OC)c2)C2=C1CC(C)(C)CC2=O. The fourth-order valence-corrected chi connectivity index (χ4v) is 7.90. The van der Waals surface area contributed by atoms with Crippen LogP contribution in [0.2, 0.25) is 10.0 Å². The van der Waals surface area contributed by atoms with Crippen LogP contribution in [0, 0.1) is 10.8 Å². The fraction of sp³-hybridized carbons (Fsp3) is 0.438. The van der Waals surface area contributed by atoms with Gasteiger partial charge in [-0.3, -0.25) is 9.59 Å². The lowest BCUT2D eigenvalue weighted by molar-refractivity contribution is -0.119. The standard InChI is InChI=1S/C32H35Cl2NO6S/c1-7-35-22-14-31(2,3)16-24(36)28(22)27(29-23(35)15-32(4,5)17-25(29)37)18-12-21(34)30(26(13-18)40-6)41-42(38,39)20-10-8-19(33)9-11-20/h8-13,27H,7,14-17H2,1-6H3. The summed E-state index contributed by atoms with van der Waals surface area (Å²) in [6, 6.07) is 8.77. The molecule has 2 aromatic carbocycles. The number of ketones is 2. The summed E-state index contributed by atoms with van der Waals surface area (Å²) in [6.45, 7) is 11.0. The summed E-state index contributed by atoms with van der Waals surface area (Å²) in [5, 5.41) is 0.364. The highest BCUT2D eigenvalue weighted by Gasteiger charge is 2.49. The average molecular weight is 633 g/mol. The first kappa shape index (κ1) is 30.6. The molecule has 2 aromatic rings. The van der Waals surface area contributed by atoms with Gasteiger partial charge >= 0.3 is 10.1 Å². The molecular weight excluding hydrogens is 597 g/mol. The third-order valence-electron chi connectivity index (χ3n) is 8.22. The number of benzene rings is 2. The second kappa shape index (κ2) is 10.7. The smallest absolute Gasteiger partial charge is 0.339 e. The molecule has 1 heterocycles. The van der Waals surface area contributed by atoms with E-state index in [4.69, 9.17) is 32.1 Å². The van der Waals surface area contributed by atoms with Crippen LogP contribution >= 0.6 is 23.2 Å². The summed E-state index contributed by atoms with van der Waals surface area (Å²) in [6.07, 6.45) is 2.09. The Labute approximate surface area is 257 Å². The van der Waals surface area contributed by atoms with E-state index in [-0.39, 0.29) is 43.8 Å². The number of hydrogen-bond acceptors (Lipinski definition) is 7. The van der Waals surface area contributed by atoms with Crippen molar-refractivity contribution in [2.24, 2.45) is 10.8 Å². The number of carbonyl (C=O) groups excluding carboxylic acids is 2. The number of allylic oxidation sites excluding steroid dienone is 4. The second-order valence-corrected chi connectivity index (χ2v) is 15.2. The average Bonchev–Trinajstić information content (AvgIpc) is 2.87. The van der Waals surface area contributed by atoms with Crippen LogP contribution in [0.25, 0.3) is 0 Å². The van der Waals surface area contributed by atoms with Gasteiger partial charge in [-0.1, -0.05) is 50.9 Å². The van der Waals surface area contributed by atoms with Gasteiger partial charge in [0.2, 0.25) is 5.75 Å². The Morgan fingerprint density at radius 3 is 1.88 bits per heavy atom. The van der Waals surface area contributed by atoms with Gasteiger partial charge in [0.1, 0.15) is 4.90 Å². The van der Waals surface area contributed by atoms with E-state index in [0.29, 0.717) is 54.0 Å². The highest BCUT2D eigenvalue weighted by Crippen LogP contribution is 2.55. The largest absolute Gasteiger partial charge is 0.493 e. The molecule has 0 unspecified atom stereocenters. The normalized spacial score (nSPS) is 20.4. The molecule has 7 nitrogen and oxygen atoms in total. The maximum Gasteiger partial charge on any atom is 0.339 e. The molecule has 1 aliphatic heterocycles. The molecule has 3 aliphatic rings. The maximum atomic E-state index is 13.9. The van der Waals surface area contributed by atoms with Gasteiger partial charge in [0.25, 0.3) is 0 Å². The molecule has 2 aliphatic carbocycles. The third-order valence-corrected chi connectivity index (χ3v) is 9.99. The molecule has 5 rings (SSSR count). The minimum absolute atomic E-state index is 0.00499. The van der Waals surface area contributed by atoms with Crippen molar-refractivity contribution in [3.8, 4) is 11.5 Å². The first-order valence-electron chi connectivity index (χ1n) is 13.9. The number of hydrogen-bond donors (Lipinski definition) is 0. The van der Waals surface area contributed by atoms with E-state index in [1.54, 1.807) is 12.1 Å². The number of nitrogens with zero attached hydrogens (tertiary/aromatic N) is 1. The van der Waals surface area contributed by atoms with Crippen LogP contribution in [-0.2, 0) is 19.7 Å². The lowest BCUT2D eigenvalue weighted by Gasteiger charge is -2.49. The van der Waals surface area contributed by atoms with Crippen molar-refractivity contribution in [1.82, 2.24) is 4.90 Å². The van der Waals surface area contributed by atoms with Gasteiger partial charge in [0.05, 0.1) is 12.1 Å². The Bertz CT molecular complexity index is 1600. The molecule has 224 valence electrons. The number of carbonyl (C=O) groups is 2. The number of halogens is 2. The van der Waals surface area contributed by atoms with Gasteiger partial charge in [-0.25, -0.2) is 0 Å². The quantitative estimate of drug-likeness (QED) is 0.305. The summed E-state index contributed by atoms with van der Waals surface area (Å²) in [7, 11) is -2.89. The molecule has 0 saturated carbocycles. The van der Waals surface area contributed by atoms with E-state index in [0.717, 1.165) is 11.4 Å². The summed E-state index contributed by atoms with van der Waals surface area (Å²) in [4.78, 5) is 29.8. The van der Waals surface area contributed by atoms with E-state index in [9.17, 15) is 18.0 Å². The van der Waals surface area contributed by atoms with E-state index >= 15 is 0 Å². The number of ether oxygens (including phenoxy) is 1. The molecule has 0 N–H and O–H groups in total. The van der Waals surface area contributed by atoms with Gasteiger partial charge in [0, 0.05) is 52.9 Å². The van der Waals surface area contributed by atoms with Crippen molar-refractivity contribution in [1.29, 1.82) is 0 Å². The van der Waals surface area contributed by atoms with Crippen LogP contribution in [-0.4, -0.2) is 38.5 Å². The summed E-state index contributed by atoms with van der Waals surface area (Å²) in [5.74, 6) is -0.772. The topological polar surface area (TPSA) is 90.0 Å². The Hall–Kier alpha value is -2.81. The zero-order valence-corrected chi connectivity index (χ0v) is 27.0. The Balaban J connectivity index is 1.68. The monoisotopic (exact) mass is 631 g/mol. The molecule has 10 heteroatoms. The van der Waals surface area contributed by atoms with Crippen LogP contribution < -0.4 is 8.92 Å². The van der Waals surface area contributed by atoms with E-state index in [2.05, 4.69) is 32.6 Å². The molecule has 0 bridgehead atoms. The van der Waals surface area contributed by atoms with Crippen molar-refractivity contribution in [2.45, 2.75) is 71.1 Å². The van der Waals surface area contributed by atoms with E-state index in [1.807, 2.05) is 6.92 Å². The minimum Gasteiger partial charge on any atom is -0.493 e. The predicted molar refractivity (Wildman–Crippen MR) is 162 cm³/mol. The van der Waals surface area contributed by atoms with Crippen LogP contribution in [0.1, 0.15) is 71.8 Å². The molecule has 0 amide bonds. The summed E-state index contributed by atoms with van der Waals surface area (Å²) < 4.78 is 37.2. The number of methoxy groups -OCH3 is 1. The third kappa shape index (κ3) is 5.49. The molecular formula is C32H35Cl2NO6S. The molecule has 0 aromatic heterocycles. The number of rotatable bonds is 6. The summed E-state index contributed by atoms with van der Waals surface area (Å²) >= 11 is 12.6. The highest BCUT2D eigenvalue weighted by molar-refractivity contribution is 7.87. The van der Waals surface area contributed by atoms with Crippen LogP contribution in [0.15, 0.2) is 63.8 Å². The van der Waals surface area contributed by atoms with Crippen LogP contribution in [0.5, 0.6) is 11.5 Å². The Morgan fingerprint density at radius 1 is 0.881 bits per heavy atom. The zero-order valence-electron chi connectivity index (χ0n) is 24.6. The van der Waals surface area contributed by atoms with Gasteiger partial charge in [-0.05, 0) is 72.6 Å². The zero-order chi connectivity index (χ0) is 30.8. The lowest BCUT2D eigenvalue weighted by atomic mass is 9.63. The van der Waals surface area contributed by atoms with Gasteiger partial charge in [-0.15, -0.1) is 0 Å². The molecule has 0 fully saturated rings. The lowest BCUT2D eigenvalue weighted by Crippen LogP contribution is -2.44. The van der Waals surface area contributed by atoms with E-state index in [1.165, 1.54) is 31.4 Å².